The third kappa shape index (κ3) is 6.95. The van der Waals surface area contributed by atoms with Crippen LogP contribution in [-0.4, -0.2) is 32.1 Å². The lowest BCUT2D eigenvalue weighted by Crippen LogP contribution is -2.04. The molecule has 68 valence electrons. The highest BCUT2D eigenvalue weighted by Gasteiger charge is 1.91. The summed E-state index contributed by atoms with van der Waals surface area (Å²) in [6, 6.07) is 0. The van der Waals surface area contributed by atoms with Gasteiger partial charge in [0.15, 0.2) is 5.78 Å². The molecule has 0 unspecified atom stereocenters. The number of hydrogen-bond acceptors (Lipinski definition) is 4. The monoisotopic (exact) mass is 172 g/mol. The second kappa shape index (κ2) is 6.54. The molecule has 0 aliphatic carbocycles. The minimum atomic E-state index is -0.429. The second-order valence-electron chi connectivity index (χ2n) is 2.14. The molecule has 0 amide bonds. The van der Waals surface area contributed by atoms with Crippen molar-refractivity contribution in [3.05, 3.63) is 12.2 Å². The molecule has 0 saturated heterocycles. The van der Waals surface area contributed by atoms with E-state index in [9.17, 15) is 9.59 Å². The molecule has 12 heavy (non-hydrogen) atoms. The molecule has 4 nitrogen and oxygen atoms in total. The molecule has 0 fully saturated rings. The summed E-state index contributed by atoms with van der Waals surface area (Å²) in [6.45, 7) is 1.75. The van der Waals surface area contributed by atoms with E-state index in [0.717, 1.165) is 0 Å². The van der Waals surface area contributed by atoms with E-state index in [2.05, 4.69) is 4.74 Å². The third-order valence-corrected chi connectivity index (χ3v) is 0.975. The minimum absolute atomic E-state index is 0.0403. The van der Waals surface area contributed by atoms with Crippen LogP contribution in [0.25, 0.3) is 0 Å². The quantitative estimate of drug-likeness (QED) is 0.340. The van der Waals surface area contributed by atoms with Crippen molar-refractivity contribution in [1.29, 1.82) is 0 Å². The van der Waals surface area contributed by atoms with Crippen LogP contribution >= 0.6 is 0 Å². The summed E-state index contributed by atoms with van der Waals surface area (Å²) in [5.41, 5.74) is 0. The van der Waals surface area contributed by atoms with Crippen molar-refractivity contribution in [3.8, 4) is 0 Å². The largest absolute Gasteiger partial charge is 0.466 e. The molecule has 4 heteroatoms. The summed E-state index contributed by atoms with van der Waals surface area (Å²) in [5, 5.41) is 0. The summed E-state index contributed by atoms with van der Waals surface area (Å²) in [6.07, 6.45) is 2.74. The zero-order valence-electron chi connectivity index (χ0n) is 7.20. The minimum Gasteiger partial charge on any atom is -0.466 e. The number of carbonyl (C=O) groups excluding carboxylic acids is 2. The van der Waals surface area contributed by atoms with Gasteiger partial charge >= 0.3 is 5.97 Å². The van der Waals surface area contributed by atoms with E-state index in [1.54, 1.807) is 0 Å². The highest BCUT2D eigenvalue weighted by Crippen LogP contribution is 1.81. The molecule has 0 atom stereocenters. The van der Waals surface area contributed by atoms with Gasteiger partial charge in [0.2, 0.25) is 0 Å². The van der Waals surface area contributed by atoms with Crippen LogP contribution in [0.3, 0.4) is 0 Å². The average molecular weight is 172 g/mol. The first kappa shape index (κ1) is 10.8. The average Bonchev–Trinajstić information content (AvgIpc) is 2.03. The maximum Gasteiger partial charge on any atom is 0.330 e. The first-order chi connectivity index (χ1) is 5.66. The van der Waals surface area contributed by atoms with Gasteiger partial charge < -0.3 is 9.47 Å². The van der Waals surface area contributed by atoms with E-state index in [-0.39, 0.29) is 19.0 Å². The lowest BCUT2D eigenvalue weighted by Gasteiger charge is -1.94. The van der Waals surface area contributed by atoms with E-state index < -0.39 is 5.97 Å². The van der Waals surface area contributed by atoms with Crippen LogP contribution in [0.2, 0.25) is 0 Å². The maximum atomic E-state index is 10.5. The Hall–Kier alpha value is -1.16. The molecule has 0 saturated carbocycles. The molecule has 0 aromatic heterocycles. The Morgan fingerprint density at radius 3 is 2.58 bits per heavy atom. The predicted octanol–water partition coefficient (Wildman–Crippen LogP) is 0.321. The van der Waals surface area contributed by atoms with E-state index in [0.29, 0.717) is 0 Å². The number of hydrogen-bond donors (Lipinski definition) is 0. The number of ether oxygens (including phenoxy) is 2. The first-order valence-electron chi connectivity index (χ1n) is 3.48. The molecular formula is C8H12O4. The molecule has 0 rings (SSSR count). The summed E-state index contributed by atoms with van der Waals surface area (Å²) in [4.78, 5) is 20.8. The van der Waals surface area contributed by atoms with Gasteiger partial charge in [-0.15, -0.1) is 0 Å². The fourth-order valence-electron chi connectivity index (χ4n) is 0.483. The standard InChI is InChI=1S/C8H12O4/c1-7(9)6-12-5-3-4-8(10)11-2/h3-4H,5-6H2,1-2H3/b4-3-. The summed E-state index contributed by atoms with van der Waals surface area (Å²) >= 11 is 0. The van der Waals surface area contributed by atoms with E-state index in [1.165, 1.54) is 26.2 Å². The van der Waals surface area contributed by atoms with Gasteiger partial charge in [-0.05, 0) is 6.92 Å². The van der Waals surface area contributed by atoms with Crippen molar-refractivity contribution in [2.24, 2.45) is 0 Å². The lowest BCUT2D eigenvalue weighted by atomic mass is 10.5. The lowest BCUT2D eigenvalue weighted by molar-refractivity contribution is -0.134. The molecule has 0 aliphatic rings. The van der Waals surface area contributed by atoms with Crippen LogP contribution < -0.4 is 0 Å². The molecule has 0 radical (unpaired) electrons. The van der Waals surface area contributed by atoms with Crippen molar-refractivity contribution in [2.45, 2.75) is 6.92 Å². The fraction of sp³-hybridized carbons (Fsp3) is 0.500. The highest BCUT2D eigenvalue weighted by atomic mass is 16.5. The van der Waals surface area contributed by atoms with Gasteiger partial charge in [0, 0.05) is 6.08 Å². The number of Topliss-reactive ketones (excluding diaryl/α,β-unsaturated/α-hetero) is 1. The van der Waals surface area contributed by atoms with Crippen molar-refractivity contribution in [3.63, 3.8) is 0 Å². The van der Waals surface area contributed by atoms with E-state index in [1.807, 2.05) is 0 Å². The zero-order chi connectivity index (χ0) is 9.40. The molecule has 0 aromatic carbocycles. The Morgan fingerprint density at radius 2 is 2.08 bits per heavy atom. The number of esters is 1. The van der Waals surface area contributed by atoms with Crippen LogP contribution in [0.15, 0.2) is 12.2 Å². The molecule has 0 heterocycles. The Balaban J connectivity index is 3.36. The Kier molecular flexibility index (Phi) is 5.91. The third-order valence-electron chi connectivity index (χ3n) is 0.975. The Morgan fingerprint density at radius 1 is 1.42 bits per heavy atom. The van der Waals surface area contributed by atoms with Gasteiger partial charge in [-0.1, -0.05) is 6.08 Å². The van der Waals surface area contributed by atoms with Crippen LogP contribution in [0, 0.1) is 0 Å². The normalized spacial score (nSPS) is 10.2. The van der Waals surface area contributed by atoms with Crippen LogP contribution in [-0.2, 0) is 19.1 Å². The van der Waals surface area contributed by atoms with Crippen molar-refractivity contribution in [2.75, 3.05) is 20.3 Å². The van der Waals surface area contributed by atoms with Crippen molar-refractivity contribution >= 4 is 11.8 Å². The van der Waals surface area contributed by atoms with E-state index >= 15 is 0 Å². The molecular weight excluding hydrogens is 160 g/mol. The van der Waals surface area contributed by atoms with Crippen LogP contribution in [0.4, 0.5) is 0 Å². The SMILES string of the molecule is COC(=O)/C=C\COCC(C)=O. The maximum absolute atomic E-state index is 10.5. The van der Waals surface area contributed by atoms with E-state index in [4.69, 9.17) is 4.74 Å². The highest BCUT2D eigenvalue weighted by molar-refractivity contribution is 5.81. The molecule has 0 bridgehead atoms. The summed E-state index contributed by atoms with van der Waals surface area (Å²) < 4.78 is 9.18. The first-order valence-corrected chi connectivity index (χ1v) is 3.48. The summed E-state index contributed by atoms with van der Waals surface area (Å²) in [7, 11) is 1.29. The number of methoxy groups -OCH3 is 1. The number of carbonyl (C=O) groups is 2. The molecule has 0 aliphatic heterocycles. The summed E-state index contributed by atoms with van der Waals surface area (Å²) in [5.74, 6) is -0.470. The van der Waals surface area contributed by atoms with Gasteiger partial charge in [0.25, 0.3) is 0 Å². The molecule has 0 aromatic rings. The van der Waals surface area contributed by atoms with Crippen molar-refractivity contribution in [1.82, 2.24) is 0 Å². The van der Waals surface area contributed by atoms with Crippen LogP contribution in [0.5, 0.6) is 0 Å². The fourth-order valence-corrected chi connectivity index (χ4v) is 0.483. The molecule has 0 spiro atoms. The van der Waals surface area contributed by atoms with Crippen molar-refractivity contribution < 1.29 is 19.1 Å². The van der Waals surface area contributed by atoms with Gasteiger partial charge in [0.1, 0.15) is 6.61 Å². The van der Waals surface area contributed by atoms with Gasteiger partial charge in [-0.3, -0.25) is 4.79 Å². The second-order valence-corrected chi connectivity index (χ2v) is 2.14. The number of ketones is 1. The van der Waals surface area contributed by atoms with Gasteiger partial charge in [0.05, 0.1) is 13.7 Å². The predicted molar refractivity (Wildman–Crippen MR) is 42.7 cm³/mol. The van der Waals surface area contributed by atoms with Gasteiger partial charge in [-0.2, -0.15) is 0 Å². The number of rotatable bonds is 5. The topological polar surface area (TPSA) is 52.6 Å². The zero-order valence-corrected chi connectivity index (χ0v) is 7.20. The van der Waals surface area contributed by atoms with Crippen LogP contribution in [0.1, 0.15) is 6.92 Å². The van der Waals surface area contributed by atoms with Gasteiger partial charge in [-0.25, -0.2) is 4.79 Å². The Labute approximate surface area is 71.2 Å². The molecule has 0 N–H and O–H groups in total. The Bertz CT molecular complexity index is 183. The smallest absolute Gasteiger partial charge is 0.330 e.